The maximum Gasteiger partial charge on any atom is 0.252 e. The number of sulfonamides is 1. The Bertz CT molecular complexity index is 493. The molecule has 0 spiro atoms. The molecule has 1 aromatic heterocycles. The quantitative estimate of drug-likeness (QED) is 0.843. The van der Waals surface area contributed by atoms with Gasteiger partial charge in [-0.3, -0.25) is 4.79 Å². The predicted octanol–water partition coefficient (Wildman–Crippen LogP) is 1.74. The van der Waals surface area contributed by atoms with E-state index in [1.807, 2.05) is 0 Å². The minimum Gasteiger partial charge on any atom is -0.300 e. The van der Waals surface area contributed by atoms with E-state index in [-0.39, 0.29) is 11.7 Å². The Hall–Kier alpha value is -0.720. The molecule has 1 aliphatic rings. The highest BCUT2D eigenvalue weighted by atomic mass is 32.2. The molecule has 0 saturated carbocycles. The van der Waals surface area contributed by atoms with Gasteiger partial charge in [0, 0.05) is 19.0 Å². The van der Waals surface area contributed by atoms with Gasteiger partial charge in [-0.25, -0.2) is 8.42 Å². The van der Waals surface area contributed by atoms with E-state index in [1.54, 1.807) is 17.5 Å². The highest BCUT2D eigenvalue weighted by Crippen LogP contribution is 2.26. The standard InChI is InChI=1S/C11H15NO3S2/c1-9(13)10-4-2-6-12(8-10)17(14,15)11-5-3-7-16-11/h3,5,7,10H,2,4,6,8H2,1H3. The van der Waals surface area contributed by atoms with Crippen LogP contribution in [0.4, 0.5) is 0 Å². The largest absolute Gasteiger partial charge is 0.300 e. The van der Waals surface area contributed by atoms with Gasteiger partial charge in [-0.15, -0.1) is 11.3 Å². The summed E-state index contributed by atoms with van der Waals surface area (Å²) in [6, 6.07) is 3.33. The Morgan fingerprint density at radius 2 is 2.29 bits per heavy atom. The summed E-state index contributed by atoms with van der Waals surface area (Å²) in [6.07, 6.45) is 1.56. The lowest BCUT2D eigenvalue weighted by Crippen LogP contribution is -2.41. The fourth-order valence-corrected chi connectivity index (χ4v) is 4.70. The minimum atomic E-state index is -3.39. The van der Waals surface area contributed by atoms with E-state index >= 15 is 0 Å². The molecule has 0 bridgehead atoms. The molecule has 0 N–H and O–H groups in total. The lowest BCUT2D eigenvalue weighted by atomic mass is 9.96. The van der Waals surface area contributed by atoms with Crippen molar-refractivity contribution in [3.63, 3.8) is 0 Å². The van der Waals surface area contributed by atoms with Crippen LogP contribution >= 0.6 is 11.3 Å². The van der Waals surface area contributed by atoms with Crippen LogP contribution in [0.5, 0.6) is 0 Å². The molecule has 1 aromatic rings. The van der Waals surface area contributed by atoms with Crippen molar-refractivity contribution in [1.82, 2.24) is 4.31 Å². The van der Waals surface area contributed by atoms with Crippen LogP contribution in [0.25, 0.3) is 0 Å². The summed E-state index contributed by atoms with van der Waals surface area (Å²) in [5, 5.41) is 1.75. The van der Waals surface area contributed by atoms with Crippen LogP contribution in [0.1, 0.15) is 19.8 Å². The van der Waals surface area contributed by atoms with E-state index in [0.717, 1.165) is 12.8 Å². The number of thiophene rings is 1. The average molecular weight is 273 g/mol. The number of hydrogen-bond donors (Lipinski definition) is 0. The minimum absolute atomic E-state index is 0.0797. The molecule has 1 aliphatic heterocycles. The molecule has 0 radical (unpaired) electrons. The summed E-state index contributed by atoms with van der Waals surface area (Å²) in [7, 11) is -3.39. The van der Waals surface area contributed by atoms with Gasteiger partial charge < -0.3 is 0 Å². The van der Waals surface area contributed by atoms with Crippen molar-refractivity contribution in [3.8, 4) is 0 Å². The van der Waals surface area contributed by atoms with E-state index in [1.165, 1.54) is 22.6 Å². The van der Waals surface area contributed by atoms with E-state index in [9.17, 15) is 13.2 Å². The normalized spacial score (nSPS) is 22.5. The molecular weight excluding hydrogens is 258 g/mol. The summed E-state index contributed by atoms with van der Waals surface area (Å²) in [5.74, 6) is -0.0606. The van der Waals surface area contributed by atoms with Crippen molar-refractivity contribution in [2.24, 2.45) is 5.92 Å². The van der Waals surface area contributed by atoms with Gasteiger partial charge >= 0.3 is 0 Å². The second kappa shape index (κ2) is 4.88. The lowest BCUT2D eigenvalue weighted by Gasteiger charge is -2.30. The smallest absolute Gasteiger partial charge is 0.252 e. The summed E-state index contributed by atoms with van der Waals surface area (Å²) in [5.41, 5.74) is 0. The summed E-state index contributed by atoms with van der Waals surface area (Å²) in [6.45, 7) is 2.38. The number of ketones is 1. The van der Waals surface area contributed by atoms with Gasteiger partial charge in [0.1, 0.15) is 9.99 Å². The summed E-state index contributed by atoms with van der Waals surface area (Å²) >= 11 is 1.22. The molecule has 0 amide bonds. The number of hydrogen-bond acceptors (Lipinski definition) is 4. The second-order valence-electron chi connectivity index (χ2n) is 4.24. The first-order valence-electron chi connectivity index (χ1n) is 5.56. The summed E-state index contributed by atoms with van der Waals surface area (Å²) < 4.78 is 26.3. The topological polar surface area (TPSA) is 54.5 Å². The second-order valence-corrected chi connectivity index (χ2v) is 7.36. The molecule has 2 rings (SSSR count). The monoisotopic (exact) mass is 273 g/mol. The number of carbonyl (C=O) groups is 1. The van der Waals surface area contributed by atoms with E-state index in [4.69, 9.17) is 0 Å². The molecule has 17 heavy (non-hydrogen) atoms. The molecule has 1 atom stereocenters. The number of carbonyl (C=O) groups excluding carboxylic acids is 1. The Kier molecular flexibility index (Phi) is 3.65. The zero-order valence-corrected chi connectivity index (χ0v) is 11.3. The molecular formula is C11H15NO3S2. The Morgan fingerprint density at radius 3 is 2.88 bits per heavy atom. The third kappa shape index (κ3) is 2.59. The fourth-order valence-electron chi connectivity index (χ4n) is 2.03. The fraction of sp³-hybridized carbons (Fsp3) is 0.545. The van der Waals surface area contributed by atoms with E-state index < -0.39 is 10.0 Å². The van der Waals surface area contributed by atoms with Crippen molar-refractivity contribution in [2.75, 3.05) is 13.1 Å². The van der Waals surface area contributed by atoms with Crippen molar-refractivity contribution in [2.45, 2.75) is 24.0 Å². The number of nitrogens with zero attached hydrogens (tertiary/aromatic N) is 1. The highest BCUT2D eigenvalue weighted by Gasteiger charge is 2.32. The molecule has 1 saturated heterocycles. The van der Waals surface area contributed by atoms with Gasteiger partial charge in [0.2, 0.25) is 0 Å². The van der Waals surface area contributed by atoms with Crippen LogP contribution < -0.4 is 0 Å². The van der Waals surface area contributed by atoms with Crippen molar-refractivity contribution >= 4 is 27.1 Å². The molecule has 1 fully saturated rings. The van der Waals surface area contributed by atoms with Crippen LogP contribution in [-0.4, -0.2) is 31.6 Å². The third-order valence-corrected chi connectivity index (χ3v) is 6.29. The summed E-state index contributed by atoms with van der Waals surface area (Å²) in [4.78, 5) is 11.3. The molecule has 6 heteroatoms. The van der Waals surface area contributed by atoms with Crippen LogP contribution in [0.3, 0.4) is 0 Å². The lowest BCUT2D eigenvalue weighted by molar-refractivity contribution is -0.121. The number of piperidine rings is 1. The molecule has 4 nitrogen and oxygen atoms in total. The van der Waals surface area contributed by atoms with Gasteiger partial charge in [0.25, 0.3) is 10.0 Å². The van der Waals surface area contributed by atoms with Crippen LogP contribution in [0, 0.1) is 5.92 Å². The van der Waals surface area contributed by atoms with Crippen molar-refractivity contribution in [1.29, 1.82) is 0 Å². The molecule has 0 aliphatic carbocycles. The van der Waals surface area contributed by atoms with Gasteiger partial charge in [-0.1, -0.05) is 6.07 Å². The van der Waals surface area contributed by atoms with Crippen LogP contribution in [0.2, 0.25) is 0 Å². The number of Topliss-reactive ketones (excluding diaryl/α,β-unsaturated/α-hetero) is 1. The Balaban J connectivity index is 2.20. The highest BCUT2D eigenvalue weighted by molar-refractivity contribution is 7.91. The Labute approximate surface area is 105 Å². The van der Waals surface area contributed by atoms with E-state index in [0.29, 0.717) is 17.3 Å². The third-order valence-electron chi connectivity index (χ3n) is 3.05. The Morgan fingerprint density at radius 1 is 1.53 bits per heavy atom. The molecule has 2 heterocycles. The van der Waals surface area contributed by atoms with Crippen LogP contribution in [0.15, 0.2) is 21.7 Å². The van der Waals surface area contributed by atoms with Crippen LogP contribution in [-0.2, 0) is 14.8 Å². The maximum atomic E-state index is 12.2. The first-order valence-corrected chi connectivity index (χ1v) is 7.88. The predicted molar refractivity (Wildman–Crippen MR) is 66.5 cm³/mol. The zero-order chi connectivity index (χ0) is 12.5. The van der Waals surface area contributed by atoms with Crippen molar-refractivity contribution in [3.05, 3.63) is 17.5 Å². The van der Waals surface area contributed by atoms with Crippen molar-refractivity contribution < 1.29 is 13.2 Å². The van der Waals surface area contributed by atoms with Gasteiger partial charge in [-0.05, 0) is 31.2 Å². The maximum absolute atomic E-state index is 12.2. The average Bonchev–Trinajstić information content (AvgIpc) is 2.83. The van der Waals surface area contributed by atoms with Gasteiger partial charge in [0.15, 0.2) is 0 Å². The van der Waals surface area contributed by atoms with Gasteiger partial charge in [-0.2, -0.15) is 4.31 Å². The number of rotatable bonds is 3. The SMILES string of the molecule is CC(=O)C1CCCN(S(=O)(=O)c2cccs2)C1. The first kappa shape index (κ1) is 12.7. The zero-order valence-electron chi connectivity index (χ0n) is 9.63. The van der Waals surface area contributed by atoms with Gasteiger partial charge in [0.05, 0.1) is 0 Å². The van der Waals surface area contributed by atoms with E-state index in [2.05, 4.69) is 0 Å². The molecule has 94 valence electrons. The molecule has 0 aromatic carbocycles. The first-order chi connectivity index (χ1) is 8.01. The molecule has 1 unspecified atom stereocenters.